The highest BCUT2D eigenvalue weighted by Gasteiger charge is 2.45. The molecule has 2 unspecified atom stereocenters. The Balaban J connectivity index is 2.09. The van der Waals surface area contributed by atoms with E-state index in [4.69, 9.17) is 4.74 Å². The molecule has 0 aliphatic carbocycles. The summed E-state index contributed by atoms with van der Waals surface area (Å²) in [5.74, 6) is 2.71. The zero-order valence-corrected chi connectivity index (χ0v) is 9.49. The van der Waals surface area contributed by atoms with E-state index in [-0.39, 0.29) is 0 Å². The van der Waals surface area contributed by atoms with E-state index in [0.29, 0.717) is 11.5 Å². The lowest BCUT2D eigenvalue weighted by Gasteiger charge is -2.26. The van der Waals surface area contributed by atoms with Crippen molar-refractivity contribution in [3.8, 4) is 0 Å². The van der Waals surface area contributed by atoms with Crippen molar-refractivity contribution in [2.45, 2.75) is 18.9 Å². The summed E-state index contributed by atoms with van der Waals surface area (Å²) in [4.78, 5) is 0. The first-order valence-corrected chi connectivity index (χ1v) is 6.81. The van der Waals surface area contributed by atoms with Crippen LogP contribution < -0.4 is 0 Å². The number of rotatable bonds is 1. The van der Waals surface area contributed by atoms with Crippen LogP contribution in [0.1, 0.15) is 12.8 Å². The van der Waals surface area contributed by atoms with Crippen molar-refractivity contribution in [2.75, 3.05) is 22.5 Å². The number of hydrogen-bond donors (Lipinski definition) is 0. The van der Waals surface area contributed by atoms with E-state index >= 15 is 0 Å². The van der Waals surface area contributed by atoms with Gasteiger partial charge in [-0.25, -0.2) is 0 Å². The smallest absolute Gasteiger partial charge is 0.0729 e. The first-order valence-electron chi connectivity index (χ1n) is 4.13. The molecule has 2 atom stereocenters. The Bertz CT molecular complexity index is 140. The van der Waals surface area contributed by atoms with E-state index in [1.807, 2.05) is 0 Å². The lowest BCUT2D eigenvalue weighted by molar-refractivity contribution is 0.0814. The number of alkyl halides is 1. The van der Waals surface area contributed by atoms with Gasteiger partial charge in [0.15, 0.2) is 0 Å². The van der Waals surface area contributed by atoms with Crippen LogP contribution in [0, 0.1) is 5.41 Å². The van der Waals surface area contributed by atoms with Crippen molar-refractivity contribution in [1.29, 1.82) is 0 Å². The van der Waals surface area contributed by atoms with Gasteiger partial charge in [-0.15, -0.1) is 0 Å². The molecule has 0 saturated carbocycles. The Kier molecular flexibility index (Phi) is 2.68. The van der Waals surface area contributed by atoms with E-state index in [1.54, 1.807) is 0 Å². The minimum atomic E-state index is 0.568. The van der Waals surface area contributed by atoms with Crippen LogP contribution in [0.3, 0.4) is 0 Å². The maximum atomic E-state index is 5.72. The van der Waals surface area contributed by atoms with E-state index in [0.717, 1.165) is 6.61 Å². The molecule has 0 bridgehead atoms. The monoisotopic (exact) mass is 284 g/mol. The highest BCUT2D eigenvalue weighted by atomic mass is 127. The molecule has 2 fully saturated rings. The van der Waals surface area contributed by atoms with Crippen molar-refractivity contribution in [3.05, 3.63) is 0 Å². The Hall–Kier alpha value is 1.04. The summed E-state index contributed by atoms with van der Waals surface area (Å²) in [6.07, 6.45) is 3.28. The molecule has 0 radical (unpaired) electrons. The van der Waals surface area contributed by atoms with Crippen LogP contribution in [-0.4, -0.2) is 28.6 Å². The molecule has 0 aromatic rings. The number of thioether (sulfide) groups is 1. The average Bonchev–Trinajstić information content (AvgIpc) is 2.62. The van der Waals surface area contributed by atoms with Crippen LogP contribution in [0.5, 0.6) is 0 Å². The summed E-state index contributed by atoms with van der Waals surface area (Å²) in [7, 11) is 0. The fourth-order valence-corrected chi connectivity index (χ4v) is 4.79. The third-order valence-electron chi connectivity index (χ3n) is 2.88. The predicted molar refractivity (Wildman–Crippen MR) is 57.6 cm³/mol. The van der Waals surface area contributed by atoms with Crippen molar-refractivity contribution in [2.24, 2.45) is 5.41 Å². The summed E-state index contributed by atoms with van der Waals surface area (Å²) >= 11 is 4.56. The molecule has 0 aromatic heterocycles. The minimum absolute atomic E-state index is 0.568. The van der Waals surface area contributed by atoms with Gasteiger partial charge in [-0.1, -0.05) is 22.6 Å². The molecule has 1 nitrogen and oxygen atoms in total. The van der Waals surface area contributed by atoms with E-state index in [2.05, 4.69) is 34.4 Å². The van der Waals surface area contributed by atoms with Gasteiger partial charge in [-0.2, -0.15) is 11.8 Å². The minimum Gasteiger partial charge on any atom is -0.377 e. The second-order valence-electron chi connectivity index (χ2n) is 3.43. The second kappa shape index (κ2) is 3.42. The summed E-state index contributed by atoms with van der Waals surface area (Å²) in [6.45, 7) is 1.01. The van der Waals surface area contributed by atoms with Crippen molar-refractivity contribution < 1.29 is 4.74 Å². The van der Waals surface area contributed by atoms with Gasteiger partial charge in [0.25, 0.3) is 0 Å². The van der Waals surface area contributed by atoms with Crippen molar-refractivity contribution in [1.82, 2.24) is 0 Å². The van der Waals surface area contributed by atoms with Gasteiger partial charge in [0.05, 0.1) is 6.10 Å². The molecule has 2 aliphatic heterocycles. The molecular weight excluding hydrogens is 271 g/mol. The van der Waals surface area contributed by atoms with Crippen LogP contribution in [-0.2, 0) is 4.74 Å². The number of ether oxygens (including phenoxy) is 1. The molecule has 0 amide bonds. The second-order valence-corrected chi connectivity index (χ2v) is 5.41. The van der Waals surface area contributed by atoms with Gasteiger partial charge >= 0.3 is 0 Å². The van der Waals surface area contributed by atoms with E-state index in [1.165, 1.54) is 28.8 Å². The molecule has 0 aromatic carbocycles. The van der Waals surface area contributed by atoms with Gasteiger partial charge < -0.3 is 4.74 Å². The zero-order chi connectivity index (χ0) is 7.73. The summed E-state index contributed by atoms with van der Waals surface area (Å²) in [6, 6.07) is 0. The molecule has 11 heavy (non-hydrogen) atoms. The molecular formula is C8H13IOS. The first kappa shape index (κ1) is 8.63. The topological polar surface area (TPSA) is 9.23 Å². The Morgan fingerprint density at radius 1 is 1.55 bits per heavy atom. The Morgan fingerprint density at radius 2 is 2.45 bits per heavy atom. The zero-order valence-electron chi connectivity index (χ0n) is 6.51. The van der Waals surface area contributed by atoms with E-state index < -0.39 is 0 Å². The first-order chi connectivity index (χ1) is 5.37. The van der Waals surface area contributed by atoms with Crippen molar-refractivity contribution >= 4 is 34.4 Å². The van der Waals surface area contributed by atoms with Crippen molar-refractivity contribution in [3.63, 3.8) is 0 Å². The average molecular weight is 284 g/mol. The SMILES string of the molecule is ICC1OCCC12CCSC2. The molecule has 2 saturated heterocycles. The summed E-state index contributed by atoms with van der Waals surface area (Å²) in [5, 5.41) is 0. The molecule has 2 aliphatic rings. The van der Waals surface area contributed by atoms with Gasteiger partial charge in [-0.3, -0.25) is 0 Å². The third-order valence-corrected chi connectivity index (χ3v) is 4.95. The number of halogens is 1. The van der Waals surface area contributed by atoms with Gasteiger partial charge in [-0.05, 0) is 18.6 Å². The molecule has 1 spiro atoms. The molecule has 2 rings (SSSR count). The summed E-state index contributed by atoms with van der Waals surface area (Å²) in [5.41, 5.74) is 0.589. The molecule has 64 valence electrons. The highest BCUT2D eigenvalue weighted by molar-refractivity contribution is 14.1. The predicted octanol–water partition coefficient (Wildman–Crippen LogP) is 2.33. The van der Waals surface area contributed by atoms with Gasteiger partial charge in [0, 0.05) is 22.2 Å². The molecule has 0 N–H and O–H groups in total. The number of hydrogen-bond acceptors (Lipinski definition) is 2. The highest BCUT2D eigenvalue weighted by Crippen LogP contribution is 2.47. The fraction of sp³-hybridized carbons (Fsp3) is 1.00. The Labute approximate surface area is 85.8 Å². The fourth-order valence-electron chi connectivity index (χ4n) is 2.02. The molecule has 2 heterocycles. The van der Waals surface area contributed by atoms with Crippen LogP contribution >= 0.6 is 34.4 Å². The standard InChI is InChI=1S/C8H13IOS/c9-5-7-8(1-3-10-7)2-4-11-6-8/h7H,1-6H2. The Morgan fingerprint density at radius 3 is 3.09 bits per heavy atom. The largest absolute Gasteiger partial charge is 0.377 e. The van der Waals surface area contributed by atoms with Crippen LogP contribution in [0.25, 0.3) is 0 Å². The maximum Gasteiger partial charge on any atom is 0.0729 e. The van der Waals surface area contributed by atoms with Gasteiger partial charge in [0.2, 0.25) is 0 Å². The molecule has 3 heteroatoms. The quantitative estimate of drug-likeness (QED) is 0.540. The van der Waals surface area contributed by atoms with Crippen LogP contribution in [0.2, 0.25) is 0 Å². The maximum absolute atomic E-state index is 5.72. The van der Waals surface area contributed by atoms with Crippen LogP contribution in [0.4, 0.5) is 0 Å². The lowest BCUT2D eigenvalue weighted by atomic mass is 9.81. The third kappa shape index (κ3) is 1.44. The van der Waals surface area contributed by atoms with E-state index in [9.17, 15) is 0 Å². The van der Waals surface area contributed by atoms with Gasteiger partial charge in [0.1, 0.15) is 0 Å². The van der Waals surface area contributed by atoms with Crippen LogP contribution in [0.15, 0.2) is 0 Å². The summed E-state index contributed by atoms with van der Waals surface area (Å²) < 4.78 is 6.90. The lowest BCUT2D eigenvalue weighted by Crippen LogP contribution is -2.31. The normalized spacial score (nSPS) is 43.9.